The van der Waals surface area contributed by atoms with Crippen LogP contribution in [0.3, 0.4) is 0 Å². The SMILES string of the molecule is CC[C@@H](C(=O)NC(C)(C)C)N(Cc1ccccc1)C(=O)CCc1ccccc1Cl. The van der Waals surface area contributed by atoms with E-state index in [1.165, 1.54) is 0 Å². The minimum Gasteiger partial charge on any atom is -0.350 e. The lowest BCUT2D eigenvalue weighted by atomic mass is 10.0. The first-order valence-electron chi connectivity index (χ1n) is 10.1. The van der Waals surface area contributed by atoms with Crippen molar-refractivity contribution < 1.29 is 9.59 Å². The Bertz CT molecular complexity index is 815. The topological polar surface area (TPSA) is 49.4 Å². The molecule has 0 radical (unpaired) electrons. The minimum absolute atomic E-state index is 0.0512. The second-order valence-electron chi connectivity index (χ2n) is 8.26. The Morgan fingerprint density at radius 1 is 1.03 bits per heavy atom. The fraction of sp³-hybridized carbons (Fsp3) is 0.417. The van der Waals surface area contributed by atoms with Crippen molar-refractivity contribution >= 4 is 23.4 Å². The lowest BCUT2D eigenvalue weighted by Crippen LogP contribution is -2.53. The first-order valence-corrected chi connectivity index (χ1v) is 10.5. The molecule has 5 heteroatoms. The van der Waals surface area contributed by atoms with E-state index in [0.29, 0.717) is 30.8 Å². The van der Waals surface area contributed by atoms with Crippen LogP contribution in [0.4, 0.5) is 0 Å². The Kier molecular flexibility index (Phi) is 8.27. The van der Waals surface area contributed by atoms with Gasteiger partial charge in [0.2, 0.25) is 11.8 Å². The smallest absolute Gasteiger partial charge is 0.243 e. The van der Waals surface area contributed by atoms with Crippen molar-refractivity contribution in [3.8, 4) is 0 Å². The number of carbonyl (C=O) groups is 2. The molecule has 2 aromatic rings. The molecule has 4 nitrogen and oxygen atoms in total. The maximum Gasteiger partial charge on any atom is 0.243 e. The van der Waals surface area contributed by atoms with Gasteiger partial charge in [0.25, 0.3) is 0 Å². The number of nitrogens with zero attached hydrogens (tertiary/aromatic N) is 1. The van der Waals surface area contributed by atoms with Crippen molar-refractivity contribution in [2.24, 2.45) is 0 Å². The van der Waals surface area contributed by atoms with Gasteiger partial charge in [-0.1, -0.05) is 67.1 Å². The average molecular weight is 415 g/mol. The van der Waals surface area contributed by atoms with Gasteiger partial charge >= 0.3 is 0 Å². The molecule has 0 aliphatic rings. The number of nitrogens with one attached hydrogen (secondary N) is 1. The van der Waals surface area contributed by atoms with Crippen LogP contribution in [0.15, 0.2) is 54.6 Å². The van der Waals surface area contributed by atoms with Gasteiger partial charge in [0, 0.05) is 23.5 Å². The van der Waals surface area contributed by atoms with Crippen LogP contribution >= 0.6 is 11.6 Å². The van der Waals surface area contributed by atoms with E-state index in [0.717, 1.165) is 11.1 Å². The fourth-order valence-electron chi connectivity index (χ4n) is 3.24. The molecule has 0 aliphatic heterocycles. The molecule has 0 bridgehead atoms. The summed E-state index contributed by atoms with van der Waals surface area (Å²) < 4.78 is 0. The van der Waals surface area contributed by atoms with Crippen molar-refractivity contribution in [3.63, 3.8) is 0 Å². The average Bonchev–Trinajstić information content (AvgIpc) is 2.66. The molecule has 0 fully saturated rings. The van der Waals surface area contributed by atoms with E-state index in [1.54, 1.807) is 4.90 Å². The molecule has 156 valence electrons. The Morgan fingerprint density at radius 2 is 1.66 bits per heavy atom. The number of halogens is 1. The third-order valence-corrected chi connectivity index (χ3v) is 5.01. The van der Waals surface area contributed by atoms with Crippen LogP contribution in [0.1, 0.15) is 51.7 Å². The number of amides is 2. The summed E-state index contributed by atoms with van der Waals surface area (Å²) in [6.45, 7) is 8.17. The molecule has 1 N–H and O–H groups in total. The Hall–Kier alpha value is -2.33. The number of hydrogen-bond donors (Lipinski definition) is 1. The highest BCUT2D eigenvalue weighted by atomic mass is 35.5. The summed E-state index contributed by atoms with van der Waals surface area (Å²) in [6.07, 6.45) is 1.39. The molecule has 2 rings (SSSR count). The third kappa shape index (κ3) is 7.21. The van der Waals surface area contributed by atoms with Crippen molar-refractivity contribution in [1.82, 2.24) is 10.2 Å². The zero-order valence-electron chi connectivity index (χ0n) is 17.7. The van der Waals surface area contributed by atoms with Crippen LogP contribution in [0.5, 0.6) is 0 Å². The highest BCUT2D eigenvalue weighted by Gasteiger charge is 2.30. The highest BCUT2D eigenvalue weighted by Crippen LogP contribution is 2.19. The molecule has 2 aromatic carbocycles. The highest BCUT2D eigenvalue weighted by molar-refractivity contribution is 6.31. The molecule has 0 aromatic heterocycles. The van der Waals surface area contributed by atoms with E-state index in [2.05, 4.69) is 5.32 Å². The van der Waals surface area contributed by atoms with Crippen LogP contribution in [-0.2, 0) is 22.6 Å². The Labute approximate surface area is 179 Å². The monoisotopic (exact) mass is 414 g/mol. The van der Waals surface area contributed by atoms with Gasteiger partial charge in [0.15, 0.2) is 0 Å². The molecule has 0 aliphatic carbocycles. The van der Waals surface area contributed by atoms with Crippen LogP contribution in [0.25, 0.3) is 0 Å². The van der Waals surface area contributed by atoms with Gasteiger partial charge in [0.1, 0.15) is 6.04 Å². The van der Waals surface area contributed by atoms with E-state index < -0.39 is 6.04 Å². The van der Waals surface area contributed by atoms with E-state index >= 15 is 0 Å². The van der Waals surface area contributed by atoms with E-state index in [4.69, 9.17) is 11.6 Å². The number of hydrogen-bond acceptors (Lipinski definition) is 2. The van der Waals surface area contributed by atoms with E-state index in [9.17, 15) is 9.59 Å². The molecular formula is C24H31ClN2O2. The standard InChI is InChI=1S/C24H31ClN2O2/c1-5-21(23(29)26-24(2,3)4)27(17-18-11-7-6-8-12-18)22(28)16-15-19-13-9-10-14-20(19)25/h6-14,21H,5,15-17H2,1-4H3,(H,26,29)/t21-/m0/s1. The molecular weight excluding hydrogens is 384 g/mol. The van der Waals surface area contributed by atoms with Gasteiger partial charge in [-0.15, -0.1) is 0 Å². The summed E-state index contributed by atoms with van der Waals surface area (Å²) in [7, 11) is 0. The normalized spacial score (nSPS) is 12.3. The molecule has 1 atom stereocenters. The van der Waals surface area contributed by atoms with Gasteiger partial charge in [-0.05, 0) is 50.8 Å². The fourth-order valence-corrected chi connectivity index (χ4v) is 3.47. The second-order valence-corrected chi connectivity index (χ2v) is 8.67. The predicted octanol–water partition coefficient (Wildman–Crippen LogP) is 4.99. The van der Waals surface area contributed by atoms with E-state index in [-0.39, 0.29) is 17.4 Å². The summed E-state index contributed by atoms with van der Waals surface area (Å²) in [5.41, 5.74) is 1.58. The lowest BCUT2D eigenvalue weighted by Gasteiger charge is -2.33. The van der Waals surface area contributed by atoms with Crippen molar-refractivity contribution in [2.75, 3.05) is 0 Å². The van der Waals surface area contributed by atoms with Crippen LogP contribution in [-0.4, -0.2) is 28.3 Å². The van der Waals surface area contributed by atoms with Gasteiger partial charge in [-0.2, -0.15) is 0 Å². The summed E-state index contributed by atoms with van der Waals surface area (Å²) in [5.74, 6) is -0.174. The maximum atomic E-state index is 13.2. The second kappa shape index (κ2) is 10.4. The summed E-state index contributed by atoms with van der Waals surface area (Å²) in [6, 6.07) is 16.8. The van der Waals surface area contributed by atoms with Gasteiger partial charge in [-0.25, -0.2) is 0 Å². The summed E-state index contributed by atoms with van der Waals surface area (Å²) >= 11 is 6.24. The molecule has 0 unspecified atom stereocenters. The Morgan fingerprint density at radius 3 is 2.24 bits per heavy atom. The predicted molar refractivity (Wildman–Crippen MR) is 119 cm³/mol. The molecule has 0 spiro atoms. The summed E-state index contributed by atoms with van der Waals surface area (Å²) in [4.78, 5) is 27.8. The molecule has 0 saturated heterocycles. The number of carbonyl (C=O) groups excluding carboxylic acids is 2. The summed E-state index contributed by atoms with van der Waals surface area (Å²) in [5, 5.41) is 3.68. The van der Waals surface area contributed by atoms with Crippen molar-refractivity contribution in [3.05, 3.63) is 70.7 Å². The molecule has 0 saturated carbocycles. The Balaban J connectivity index is 2.21. The molecule has 2 amide bonds. The number of aryl methyl sites for hydroxylation is 1. The molecule has 0 heterocycles. The first kappa shape index (κ1) is 23.0. The van der Waals surface area contributed by atoms with Crippen molar-refractivity contribution in [1.29, 1.82) is 0 Å². The van der Waals surface area contributed by atoms with Crippen molar-refractivity contribution in [2.45, 2.75) is 65.1 Å². The van der Waals surface area contributed by atoms with Crippen LogP contribution in [0, 0.1) is 0 Å². The van der Waals surface area contributed by atoms with Crippen LogP contribution < -0.4 is 5.32 Å². The zero-order valence-corrected chi connectivity index (χ0v) is 18.5. The zero-order chi connectivity index (χ0) is 21.4. The van der Waals surface area contributed by atoms with Gasteiger partial charge in [-0.3, -0.25) is 9.59 Å². The van der Waals surface area contributed by atoms with Crippen LogP contribution in [0.2, 0.25) is 5.02 Å². The lowest BCUT2D eigenvalue weighted by molar-refractivity contribution is -0.142. The quantitative estimate of drug-likeness (QED) is 0.661. The first-order chi connectivity index (χ1) is 13.7. The van der Waals surface area contributed by atoms with E-state index in [1.807, 2.05) is 82.3 Å². The third-order valence-electron chi connectivity index (χ3n) is 4.65. The minimum atomic E-state index is -0.520. The van der Waals surface area contributed by atoms with Gasteiger partial charge < -0.3 is 10.2 Å². The molecule has 29 heavy (non-hydrogen) atoms. The largest absolute Gasteiger partial charge is 0.350 e. The number of benzene rings is 2. The maximum absolute atomic E-state index is 13.2. The number of rotatable bonds is 8. The van der Waals surface area contributed by atoms with Gasteiger partial charge in [0.05, 0.1) is 0 Å².